The zero-order valence-electron chi connectivity index (χ0n) is 15.8. The summed E-state index contributed by atoms with van der Waals surface area (Å²) in [5.41, 5.74) is 1.87. The van der Waals surface area contributed by atoms with Crippen molar-refractivity contribution in [3.05, 3.63) is 71.8 Å². The Morgan fingerprint density at radius 2 is 1.14 bits per heavy atom. The van der Waals surface area contributed by atoms with Crippen LogP contribution in [-0.4, -0.2) is 44.3 Å². The predicted molar refractivity (Wildman–Crippen MR) is 106 cm³/mol. The fourth-order valence-corrected chi connectivity index (χ4v) is 3.97. The summed E-state index contributed by atoms with van der Waals surface area (Å²) in [6.45, 7) is 0.638. The predicted octanol–water partition coefficient (Wildman–Crippen LogP) is 4.66. The molecule has 0 heterocycles. The summed E-state index contributed by atoms with van der Waals surface area (Å²) < 4.78 is 0. The first kappa shape index (κ1) is 19.7. The summed E-state index contributed by atoms with van der Waals surface area (Å²) in [6.07, 6.45) is 0.937. The van der Waals surface area contributed by atoms with Gasteiger partial charge in [0.2, 0.25) is 0 Å². The third-order valence-electron chi connectivity index (χ3n) is 5.38. The van der Waals surface area contributed by atoms with Gasteiger partial charge < -0.3 is 20.0 Å². The van der Waals surface area contributed by atoms with Crippen LogP contribution in [0.1, 0.15) is 36.8 Å². The molecule has 28 heavy (non-hydrogen) atoms. The standard InChI is InChI=1S/C22H26N2O4/c25-21(26)23(15-17-8-3-1-4-9-17)19-12-7-13-20(14-19)24(22(27)28)16-18-10-5-2-6-11-18/h1-6,8-11,19-20H,7,12-16H2,(H,25,26)(H,27,28)/t19-,20-/m0/s1. The van der Waals surface area contributed by atoms with E-state index >= 15 is 0 Å². The van der Waals surface area contributed by atoms with Crippen LogP contribution in [0.4, 0.5) is 9.59 Å². The van der Waals surface area contributed by atoms with E-state index in [1.54, 1.807) is 0 Å². The van der Waals surface area contributed by atoms with Crippen molar-refractivity contribution in [1.82, 2.24) is 9.80 Å². The van der Waals surface area contributed by atoms with Crippen LogP contribution in [0, 0.1) is 0 Å². The quantitative estimate of drug-likeness (QED) is 0.761. The molecule has 0 spiro atoms. The maximum absolute atomic E-state index is 11.9. The van der Waals surface area contributed by atoms with Crippen LogP contribution >= 0.6 is 0 Å². The Hall–Kier alpha value is -3.02. The smallest absolute Gasteiger partial charge is 0.407 e. The molecular formula is C22H26N2O4. The Kier molecular flexibility index (Phi) is 6.53. The van der Waals surface area contributed by atoms with Gasteiger partial charge in [-0.1, -0.05) is 60.7 Å². The van der Waals surface area contributed by atoms with Gasteiger partial charge in [-0.15, -0.1) is 0 Å². The van der Waals surface area contributed by atoms with E-state index in [0.717, 1.165) is 30.4 Å². The molecule has 0 aliphatic heterocycles. The van der Waals surface area contributed by atoms with Crippen LogP contribution < -0.4 is 0 Å². The van der Waals surface area contributed by atoms with Crippen molar-refractivity contribution >= 4 is 12.2 Å². The van der Waals surface area contributed by atoms with Crippen LogP contribution in [0.5, 0.6) is 0 Å². The molecule has 1 aliphatic carbocycles. The van der Waals surface area contributed by atoms with E-state index in [1.807, 2.05) is 60.7 Å². The van der Waals surface area contributed by atoms with Crippen LogP contribution in [0.2, 0.25) is 0 Å². The van der Waals surface area contributed by atoms with E-state index in [9.17, 15) is 19.8 Å². The zero-order chi connectivity index (χ0) is 19.9. The Morgan fingerprint density at radius 3 is 1.50 bits per heavy atom. The van der Waals surface area contributed by atoms with Gasteiger partial charge in [0.1, 0.15) is 0 Å². The molecule has 1 aliphatic rings. The molecule has 0 bridgehead atoms. The number of carboxylic acid groups (broad SMARTS) is 2. The topological polar surface area (TPSA) is 81.1 Å². The van der Waals surface area contributed by atoms with E-state index in [1.165, 1.54) is 9.80 Å². The monoisotopic (exact) mass is 382 g/mol. The molecule has 1 saturated carbocycles. The second-order valence-corrected chi connectivity index (χ2v) is 7.27. The van der Waals surface area contributed by atoms with Gasteiger partial charge in [-0.05, 0) is 36.8 Å². The molecule has 0 saturated heterocycles. The second kappa shape index (κ2) is 9.26. The van der Waals surface area contributed by atoms with Crippen LogP contribution in [0.15, 0.2) is 60.7 Å². The number of rotatable bonds is 6. The molecule has 2 N–H and O–H groups in total. The van der Waals surface area contributed by atoms with Crippen molar-refractivity contribution in [1.29, 1.82) is 0 Å². The highest BCUT2D eigenvalue weighted by molar-refractivity contribution is 5.66. The summed E-state index contributed by atoms with van der Waals surface area (Å²) >= 11 is 0. The molecule has 6 nitrogen and oxygen atoms in total. The van der Waals surface area contributed by atoms with Gasteiger partial charge in [0.05, 0.1) is 0 Å². The lowest BCUT2D eigenvalue weighted by Crippen LogP contribution is -2.48. The SMILES string of the molecule is O=C(O)N(Cc1ccccc1)[C@H]1CCC[C@H](N(Cc2ccccc2)C(=O)O)C1. The summed E-state index contributed by atoms with van der Waals surface area (Å²) in [6, 6.07) is 18.7. The number of benzene rings is 2. The van der Waals surface area contributed by atoms with Crippen molar-refractivity contribution in [2.24, 2.45) is 0 Å². The lowest BCUT2D eigenvalue weighted by Gasteiger charge is -2.40. The molecule has 1 fully saturated rings. The van der Waals surface area contributed by atoms with Gasteiger partial charge in [-0.2, -0.15) is 0 Å². The average Bonchev–Trinajstić information content (AvgIpc) is 2.71. The highest BCUT2D eigenvalue weighted by atomic mass is 16.4. The van der Waals surface area contributed by atoms with Gasteiger partial charge in [0, 0.05) is 25.2 Å². The van der Waals surface area contributed by atoms with Crippen LogP contribution in [-0.2, 0) is 13.1 Å². The van der Waals surface area contributed by atoms with Crippen molar-refractivity contribution in [2.75, 3.05) is 0 Å². The highest BCUT2D eigenvalue weighted by Gasteiger charge is 2.34. The summed E-state index contributed by atoms with van der Waals surface area (Å²) in [7, 11) is 0. The summed E-state index contributed by atoms with van der Waals surface area (Å²) in [5.74, 6) is 0. The molecule has 2 aromatic rings. The molecule has 0 radical (unpaired) electrons. The number of nitrogens with zero attached hydrogens (tertiary/aromatic N) is 2. The molecule has 6 heteroatoms. The number of hydrogen-bond acceptors (Lipinski definition) is 2. The normalized spacial score (nSPS) is 19.0. The first-order chi connectivity index (χ1) is 13.5. The van der Waals surface area contributed by atoms with E-state index in [0.29, 0.717) is 19.5 Å². The molecular weight excluding hydrogens is 356 g/mol. The molecule has 2 amide bonds. The third kappa shape index (κ3) is 5.03. The molecule has 148 valence electrons. The third-order valence-corrected chi connectivity index (χ3v) is 5.38. The Morgan fingerprint density at radius 1 is 0.750 bits per heavy atom. The minimum absolute atomic E-state index is 0.186. The van der Waals surface area contributed by atoms with Gasteiger partial charge in [-0.3, -0.25) is 0 Å². The van der Waals surface area contributed by atoms with E-state index in [-0.39, 0.29) is 12.1 Å². The first-order valence-corrected chi connectivity index (χ1v) is 9.61. The van der Waals surface area contributed by atoms with E-state index in [4.69, 9.17) is 0 Å². The highest BCUT2D eigenvalue weighted by Crippen LogP contribution is 2.29. The number of hydrogen-bond donors (Lipinski definition) is 2. The lowest BCUT2D eigenvalue weighted by atomic mass is 9.88. The zero-order valence-corrected chi connectivity index (χ0v) is 15.8. The van der Waals surface area contributed by atoms with Crippen molar-refractivity contribution in [3.63, 3.8) is 0 Å². The molecule has 0 unspecified atom stereocenters. The van der Waals surface area contributed by atoms with Gasteiger partial charge in [0.25, 0.3) is 0 Å². The maximum atomic E-state index is 11.9. The fourth-order valence-electron chi connectivity index (χ4n) is 3.97. The van der Waals surface area contributed by atoms with Crippen molar-refractivity contribution in [3.8, 4) is 0 Å². The van der Waals surface area contributed by atoms with Crippen LogP contribution in [0.25, 0.3) is 0 Å². The van der Waals surface area contributed by atoms with E-state index < -0.39 is 12.2 Å². The largest absolute Gasteiger partial charge is 0.465 e. The second-order valence-electron chi connectivity index (χ2n) is 7.27. The van der Waals surface area contributed by atoms with Gasteiger partial charge >= 0.3 is 12.2 Å². The van der Waals surface area contributed by atoms with E-state index in [2.05, 4.69) is 0 Å². The molecule has 3 rings (SSSR count). The van der Waals surface area contributed by atoms with Crippen molar-refractivity contribution < 1.29 is 19.8 Å². The molecule has 2 aromatic carbocycles. The Balaban J connectivity index is 1.73. The van der Waals surface area contributed by atoms with Crippen molar-refractivity contribution in [2.45, 2.75) is 50.9 Å². The fraction of sp³-hybridized carbons (Fsp3) is 0.364. The Labute approximate surface area is 165 Å². The first-order valence-electron chi connectivity index (χ1n) is 9.61. The minimum atomic E-state index is -0.959. The van der Waals surface area contributed by atoms with Crippen LogP contribution in [0.3, 0.4) is 0 Å². The molecule has 0 aromatic heterocycles. The molecule has 2 atom stereocenters. The number of amides is 2. The van der Waals surface area contributed by atoms with Gasteiger partial charge in [0.15, 0.2) is 0 Å². The number of carbonyl (C=O) groups is 2. The average molecular weight is 382 g/mol. The maximum Gasteiger partial charge on any atom is 0.407 e. The minimum Gasteiger partial charge on any atom is -0.465 e. The lowest BCUT2D eigenvalue weighted by molar-refractivity contribution is 0.0672. The summed E-state index contributed by atoms with van der Waals surface area (Å²) in [5, 5.41) is 19.5. The Bertz CT molecular complexity index is 716. The summed E-state index contributed by atoms with van der Waals surface area (Å²) in [4.78, 5) is 26.7. The van der Waals surface area contributed by atoms with Gasteiger partial charge in [-0.25, -0.2) is 9.59 Å².